The standard InChI is InChI=1S/C21H22N2O3S2/c1-14-6-5-8-16(10-14)11-20(24)22-21-23(17-9-4-3-7-15(17)2)18-12-28(25,26)13-19(18)27-21/h3-10,18-19H,11-13H2,1-2H3. The van der Waals surface area contributed by atoms with Crippen LogP contribution in [0.2, 0.25) is 0 Å². The van der Waals surface area contributed by atoms with Crippen molar-refractivity contribution in [2.45, 2.75) is 31.6 Å². The summed E-state index contributed by atoms with van der Waals surface area (Å²) in [6.07, 6.45) is 0.237. The van der Waals surface area contributed by atoms with Crippen LogP contribution >= 0.6 is 11.8 Å². The van der Waals surface area contributed by atoms with Crippen LogP contribution < -0.4 is 4.90 Å². The number of sulfone groups is 1. The number of anilines is 1. The molecule has 4 rings (SSSR count). The third-order valence-corrected chi connectivity index (χ3v) is 8.31. The van der Waals surface area contributed by atoms with Gasteiger partial charge in [-0.05, 0) is 31.0 Å². The Labute approximate surface area is 169 Å². The summed E-state index contributed by atoms with van der Waals surface area (Å²) in [6.45, 7) is 3.98. The molecule has 0 saturated carbocycles. The molecular formula is C21H22N2O3S2. The molecule has 1 amide bonds. The van der Waals surface area contributed by atoms with Gasteiger partial charge in [0.1, 0.15) is 0 Å². The molecule has 7 heteroatoms. The molecule has 2 aromatic rings. The summed E-state index contributed by atoms with van der Waals surface area (Å²) in [5, 5.41) is 0.520. The Morgan fingerprint density at radius 2 is 1.93 bits per heavy atom. The molecule has 2 saturated heterocycles. The van der Waals surface area contributed by atoms with Crippen molar-refractivity contribution in [1.82, 2.24) is 0 Å². The van der Waals surface area contributed by atoms with Gasteiger partial charge in [-0.3, -0.25) is 4.79 Å². The van der Waals surface area contributed by atoms with Crippen molar-refractivity contribution in [3.8, 4) is 0 Å². The minimum absolute atomic E-state index is 0.0878. The number of hydrogen-bond donors (Lipinski definition) is 0. The SMILES string of the molecule is Cc1cccc(CC(=O)N=C2SC3CS(=O)(=O)CC3N2c2ccccc2C)c1. The molecule has 146 valence electrons. The third-order valence-electron chi connectivity index (χ3n) is 5.10. The Morgan fingerprint density at radius 1 is 1.14 bits per heavy atom. The van der Waals surface area contributed by atoms with Crippen molar-refractivity contribution < 1.29 is 13.2 Å². The van der Waals surface area contributed by atoms with Crippen LogP contribution in [0.25, 0.3) is 0 Å². The summed E-state index contributed by atoms with van der Waals surface area (Å²) in [5.41, 5.74) is 3.99. The topological polar surface area (TPSA) is 66.8 Å². The number of amides is 1. The molecule has 0 spiro atoms. The second kappa shape index (κ2) is 7.37. The molecule has 0 aliphatic carbocycles. The summed E-state index contributed by atoms with van der Waals surface area (Å²) in [6, 6.07) is 15.5. The number of para-hydroxylation sites is 1. The summed E-state index contributed by atoms with van der Waals surface area (Å²) < 4.78 is 24.3. The maximum absolute atomic E-state index is 12.6. The van der Waals surface area contributed by atoms with Crippen molar-refractivity contribution in [3.05, 3.63) is 65.2 Å². The normalized spacial score (nSPS) is 24.5. The third kappa shape index (κ3) is 3.86. The molecular weight excluding hydrogens is 392 g/mol. The van der Waals surface area contributed by atoms with Gasteiger partial charge in [-0.2, -0.15) is 4.99 Å². The van der Waals surface area contributed by atoms with Gasteiger partial charge in [-0.25, -0.2) is 8.42 Å². The zero-order valence-electron chi connectivity index (χ0n) is 15.8. The Balaban J connectivity index is 1.66. The van der Waals surface area contributed by atoms with Crippen LogP contribution in [-0.2, 0) is 21.1 Å². The first-order valence-electron chi connectivity index (χ1n) is 9.21. The van der Waals surface area contributed by atoms with Crippen molar-refractivity contribution in [3.63, 3.8) is 0 Å². The number of benzene rings is 2. The predicted molar refractivity (Wildman–Crippen MR) is 115 cm³/mol. The molecule has 2 atom stereocenters. The summed E-state index contributed by atoms with van der Waals surface area (Å²) in [7, 11) is -3.07. The van der Waals surface area contributed by atoms with E-state index in [0.29, 0.717) is 5.17 Å². The Kier molecular flexibility index (Phi) is 5.05. The number of aryl methyl sites for hydroxylation is 2. The maximum atomic E-state index is 12.6. The first kappa shape index (κ1) is 19.2. The fraction of sp³-hybridized carbons (Fsp3) is 0.333. The van der Waals surface area contributed by atoms with Crippen LogP contribution in [-0.4, -0.2) is 42.3 Å². The van der Waals surface area contributed by atoms with Gasteiger partial charge in [-0.15, -0.1) is 0 Å². The van der Waals surface area contributed by atoms with E-state index in [9.17, 15) is 13.2 Å². The quantitative estimate of drug-likeness (QED) is 0.772. The van der Waals surface area contributed by atoms with Crippen molar-refractivity contribution in [2.24, 2.45) is 4.99 Å². The van der Waals surface area contributed by atoms with E-state index in [4.69, 9.17) is 0 Å². The molecule has 28 heavy (non-hydrogen) atoms. The van der Waals surface area contributed by atoms with E-state index >= 15 is 0 Å². The predicted octanol–water partition coefficient (Wildman–Crippen LogP) is 3.15. The van der Waals surface area contributed by atoms with E-state index in [1.54, 1.807) is 0 Å². The van der Waals surface area contributed by atoms with Gasteiger partial charge in [0.05, 0.1) is 24.0 Å². The molecule has 2 unspecified atom stereocenters. The van der Waals surface area contributed by atoms with E-state index in [1.807, 2.05) is 67.3 Å². The van der Waals surface area contributed by atoms with Crippen molar-refractivity contribution >= 4 is 38.4 Å². The van der Waals surface area contributed by atoms with Gasteiger partial charge >= 0.3 is 0 Å². The van der Waals surface area contributed by atoms with Gasteiger partial charge in [0.15, 0.2) is 15.0 Å². The lowest BCUT2D eigenvalue weighted by Crippen LogP contribution is -2.38. The van der Waals surface area contributed by atoms with Crippen molar-refractivity contribution in [1.29, 1.82) is 0 Å². The fourth-order valence-corrected chi connectivity index (χ4v) is 7.75. The minimum atomic E-state index is -3.07. The van der Waals surface area contributed by atoms with Gasteiger partial charge in [0.2, 0.25) is 0 Å². The molecule has 2 aromatic carbocycles. The lowest BCUT2D eigenvalue weighted by molar-refractivity contribution is -0.117. The highest BCUT2D eigenvalue weighted by Gasteiger charge is 2.49. The maximum Gasteiger partial charge on any atom is 0.252 e. The Morgan fingerprint density at radius 3 is 2.68 bits per heavy atom. The Bertz CT molecular complexity index is 1060. The number of carbonyl (C=O) groups excluding carboxylic acids is 1. The molecule has 2 heterocycles. The lowest BCUT2D eigenvalue weighted by Gasteiger charge is -2.26. The second-order valence-electron chi connectivity index (χ2n) is 7.41. The van der Waals surface area contributed by atoms with Gasteiger partial charge in [0.25, 0.3) is 5.91 Å². The van der Waals surface area contributed by atoms with Gasteiger partial charge in [-0.1, -0.05) is 59.8 Å². The first-order valence-corrected chi connectivity index (χ1v) is 11.9. The van der Waals surface area contributed by atoms with E-state index in [2.05, 4.69) is 4.99 Å². The number of carbonyl (C=O) groups is 1. The van der Waals surface area contributed by atoms with Crippen molar-refractivity contribution in [2.75, 3.05) is 16.4 Å². The van der Waals surface area contributed by atoms with Crippen LogP contribution in [0.4, 0.5) is 5.69 Å². The number of amidine groups is 1. The molecule has 0 bridgehead atoms. The van der Waals surface area contributed by atoms with E-state index in [-0.39, 0.29) is 35.1 Å². The summed E-state index contributed by atoms with van der Waals surface area (Å²) >= 11 is 1.41. The average molecular weight is 415 g/mol. The number of thioether (sulfide) groups is 1. The highest BCUT2D eigenvalue weighted by Crippen LogP contribution is 2.41. The molecule has 2 aliphatic heterocycles. The van der Waals surface area contributed by atoms with E-state index in [1.165, 1.54) is 11.8 Å². The van der Waals surface area contributed by atoms with E-state index < -0.39 is 9.84 Å². The summed E-state index contributed by atoms with van der Waals surface area (Å²) in [5.74, 6) is 0.0226. The van der Waals surface area contributed by atoms with Crippen LogP contribution in [0.5, 0.6) is 0 Å². The van der Waals surface area contributed by atoms with Gasteiger partial charge < -0.3 is 4.90 Å². The first-order chi connectivity index (χ1) is 13.3. The number of nitrogens with zero attached hydrogens (tertiary/aromatic N) is 2. The number of rotatable bonds is 3. The minimum Gasteiger partial charge on any atom is -0.315 e. The summed E-state index contributed by atoms with van der Waals surface area (Å²) in [4.78, 5) is 19.0. The fourth-order valence-electron chi connectivity index (χ4n) is 3.82. The van der Waals surface area contributed by atoms with Crippen LogP contribution in [0.3, 0.4) is 0 Å². The van der Waals surface area contributed by atoms with Crippen LogP contribution in [0.15, 0.2) is 53.5 Å². The molecule has 0 radical (unpaired) electrons. The highest BCUT2D eigenvalue weighted by molar-refractivity contribution is 8.16. The molecule has 2 aliphatic rings. The zero-order chi connectivity index (χ0) is 19.9. The molecule has 0 N–H and O–H groups in total. The lowest BCUT2D eigenvalue weighted by atomic mass is 10.1. The highest BCUT2D eigenvalue weighted by atomic mass is 32.2. The molecule has 2 fully saturated rings. The largest absolute Gasteiger partial charge is 0.315 e. The van der Waals surface area contributed by atoms with E-state index in [0.717, 1.165) is 22.4 Å². The van der Waals surface area contributed by atoms with Crippen LogP contribution in [0.1, 0.15) is 16.7 Å². The van der Waals surface area contributed by atoms with Gasteiger partial charge in [0, 0.05) is 10.9 Å². The zero-order valence-corrected chi connectivity index (χ0v) is 17.5. The number of hydrogen-bond acceptors (Lipinski definition) is 4. The van der Waals surface area contributed by atoms with Crippen LogP contribution in [0, 0.1) is 13.8 Å². The number of fused-ring (bicyclic) bond motifs is 1. The Hall–Kier alpha value is -2.12. The average Bonchev–Trinajstić information content (AvgIpc) is 3.06. The second-order valence-corrected chi connectivity index (χ2v) is 10.8. The smallest absolute Gasteiger partial charge is 0.252 e. The number of aliphatic imine (C=N–C) groups is 1. The monoisotopic (exact) mass is 414 g/mol. The molecule has 5 nitrogen and oxygen atoms in total. The molecule has 0 aromatic heterocycles.